The summed E-state index contributed by atoms with van der Waals surface area (Å²) in [5, 5.41) is 0. The fourth-order valence-electron chi connectivity index (χ4n) is 3.82. The van der Waals surface area contributed by atoms with Crippen LogP contribution >= 0.6 is 0 Å². The van der Waals surface area contributed by atoms with Crippen molar-refractivity contribution in [3.63, 3.8) is 0 Å². The molecule has 0 aliphatic heterocycles. The van der Waals surface area contributed by atoms with Gasteiger partial charge in [-0.05, 0) is 18.8 Å². The van der Waals surface area contributed by atoms with Crippen LogP contribution in [0.5, 0.6) is 0 Å². The molecule has 0 aromatic carbocycles. The first-order valence-electron chi connectivity index (χ1n) is 7.77. The Morgan fingerprint density at radius 2 is 1.28 bits per heavy atom. The third kappa shape index (κ3) is 3.37. The Labute approximate surface area is 114 Å². The van der Waals surface area contributed by atoms with Gasteiger partial charge in [-0.3, -0.25) is 0 Å². The molecule has 0 atom stereocenters. The smallest absolute Gasteiger partial charge is 0.344 e. The van der Waals surface area contributed by atoms with Gasteiger partial charge in [0.25, 0.3) is 0 Å². The third-order valence-corrected chi connectivity index (χ3v) is 8.86. The van der Waals surface area contributed by atoms with Crippen LogP contribution in [0.15, 0.2) is 0 Å². The van der Waals surface area contributed by atoms with Crippen LogP contribution < -0.4 is 0 Å². The van der Waals surface area contributed by atoms with Crippen LogP contribution in [0.1, 0.15) is 64.2 Å². The lowest BCUT2D eigenvalue weighted by atomic mass is 10.0. The van der Waals surface area contributed by atoms with Gasteiger partial charge in [-0.1, -0.05) is 51.4 Å². The van der Waals surface area contributed by atoms with Crippen molar-refractivity contribution in [2.75, 3.05) is 14.2 Å². The van der Waals surface area contributed by atoms with Crippen molar-refractivity contribution in [2.24, 2.45) is 5.92 Å². The van der Waals surface area contributed by atoms with Crippen molar-refractivity contribution in [1.82, 2.24) is 0 Å². The van der Waals surface area contributed by atoms with Crippen molar-refractivity contribution < 1.29 is 8.85 Å². The average Bonchev–Trinajstić information content (AvgIpc) is 2.82. The molecule has 0 amide bonds. The predicted molar refractivity (Wildman–Crippen MR) is 77.5 cm³/mol. The SMILES string of the molecule is CO[Si]([CH]C1CCCCCC1)(OC)C1CCCC1. The predicted octanol–water partition coefficient (Wildman–Crippen LogP) is 4.38. The molecule has 2 rings (SSSR count). The summed E-state index contributed by atoms with van der Waals surface area (Å²) >= 11 is 0. The zero-order chi connectivity index (χ0) is 12.8. The van der Waals surface area contributed by atoms with Gasteiger partial charge < -0.3 is 8.85 Å². The normalized spacial score (nSPS) is 24.3. The maximum Gasteiger partial charge on any atom is 0.344 e. The molecule has 2 aliphatic rings. The summed E-state index contributed by atoms with van der Waals surface area (Å²) in [6.45, 7) is 0. The molecule has 2 fully saturated rings. The van der Waals surface area contributed by atoms with E-state index in [-0.39, 0.29) is 0 Å². The lowest BCUT2D eigenvalue weighted by Crippen LogP contribution is -2.47. The highest BCUT2D eigenvalue weighted by Gasteiger charge is 2.47. The summed E-state index contributed by atoms with van der Waals surface area (Å²) in [4.78, 5) is 0. The van der Waals surface area contributed by atoms with E-state index in [1.807, 2.05) is 14.2 Å². The first kappa shape index (κ1) is 14.5. The molecule has 0 bridgehead atoms. The van der Waals surface area contributed by atoms with Gasteiger partial charge in [0.15, 0.2) is 0 Å². The second-order valence-electron chi connectivity index (χ2n) is 6.03. The molecule has 0 spiro atoms. The minimum atomic E-state index is -2.05. The minimum Gasteiger partial charge on any atom is -0.397 e. The van der Waals surface area contributed by atoms with Gasteiger partial charge in [0, 0.05) is 25.8 Å². The highest BCUT2D eigenvalue weighted by Crippen LogP contribution is 2.43. The summed E-state index contributed by atoms with van der Waals surface area (Å²) in [6.07, 6.45) is 13.7. The molecule has 2 nitrogen and oxygen atoms in total. The van der Waals surface area contributed by atoms with E-state index in [1.165, 1.54) is 64.2 Å². The molecule has 18 heavy (non-hydrogen) atoms. The zero-order valence-corrected chi connectivity index (χ0v) is 13.1. The molecule has 0 unspecified atom stereocenters. The Kier molecular flexibility index (Phi) is 5.71. The van der Waals surface area contributed by atoms with Crippen LogP contribution in [-0.2, 0) is 8.85 Å². The Bertz CT molecular complexity index is 227. The van der Waals surface area contributed by atoms with Crippen molar-refractivity contribution in [1.29, 1.82) is 0 Å². The Morgan fingerprint density at radius 1 is 0.778 bits per heavy atom. The van der Waals surface area contributed by atoms with Crippen molar-refractivity contribution >= 4 is 8.56 Å². The maximum atomic E-state index is 5.98. The van der Waals surface area contributed by atoms with Gasteiger partial charge in [0.1, 0.15) is 0 Å². The first-order valence-corrected chi connectivity index (χ1v) is 9.74. The fourth-order valence-corrected chi connectivity index (χ4v) is 7.40. The largest absolute Gasteiger partial charge is 0.397 e. The van der Waals surface area contributed by atoms with Crippen LogP contribution in [0, 0.1) is 12.0 Å². The Balaban J connectivity index is 1.99. The monoisotopic (exact) mass is 269 g/mol. The second kappa shape index (κ2) is 7.06. The van der Waals surface area contributed by atoms with E-state index in [0.29, 0.717) is 5.54 Å². The quantitative estimate of drug-likeness (QED) is 0.545. The first-order chi connectivity index (χ1) is 8.80. The van der Waals surface area contributed by atoms with Gasteiger partial charge in [-0.15, -0.1) is 0 Å². The van der Waals surface area contributed by atoms with Gasteiger partial charge in [-0.2, -0.15) is 0 Å². The van der Waals surface area contributed by atoms with E-state index >= 15 is 0 Å². The van der Waals surface area contributed by atoms with Gasteiger partial charge in [0.05, 0.1) is 0 Å². The molecular formula is C15H29O2Si. The van der Waals surface area contributed by atoms with Crippen LogP contribution in [0.2, 0.25) is 5.54 Å². The summed E-state index contributed by atoms with van der Waals surface area (Å²) < 4.78 is 12.0. The van der Waals surface area contributed by atoms with E-state index in [2.05, 4.69) is 6.04 Å². The standard InChI is InChI=1S/C15H29O2Si/c1-16-18(17-2,15-11-7-8-12-15)13-14-9-5-3-4-6-10-14/h13-15H,3-12H2,1-2H3. The molecule has 2 aliphatic carbocycles. The van der Waals surface area contributed by atoms with E-state index in [9.17, 15) is 0 Å². The van der Waals surface area contributed by atoms with E-state index < -0.39 is 8.56 Å². The molecule has 1 radical (unpaired) electrons. The van der Waals surface area contributed by atoms with Crippen molar-refractivity contribution in [3.05, 3.63) is 6.04 Å². The van der Waals surface area contributed by atoms with Crippen LogP contribution in [0.3, 0.4) is 0 Å². The summed E-state index contributed by atoms with van der Waals surface area (Å²) in [5.74, 6) is 0.750. The Hall–Kier alpha value is 0.137. The topological polar surface area (TPSA) is 18.5 Å². The Morgan fingerprint density at radius 3 is 1.78 bits per heavy atom. The highest BCUT2D eigenvalue weighted by atomic mass is 28.4. The average molecular weight is 269 g/mol. The van der Waals surface area contributed by atoms with Crippen LogP contribution in [0.4, 0.5) is 0 Å². The highest BCUT2D eigenvalue weighted by molar-refractivity contribution is 6.72. The molecule has 105 valence electrons. The molecule has 0 aromatic heterocycles. The number of hydrogen-bond donors (Lipinski definition) is 0. The molecule has 0 N–H and O–H groups in total. The van der Waals surface area contributed by atoms with Gasteiger partial charge in [0.2, 0.25) is 0 Å². The molecule has 0 heterocycles. The van der Waals surface area contributed by atoms with Gasteiger partial charge in [-0.25, -0.2) is 0 Å². The molecule has 2 saturated carbocycles. The van der Waals surface area contributed by atoms with Gasteiger partial charge >= 0.3 is 8.56 Å². The van der Waals surface area contributed by atoms with E-state index in [1.54, 1.807) is 0 Å². The maximum absolute atomic E-state index is 5.98. The fraction of sp³-hybridized carbons (Fsp3) is 0.933. The summed E-state index contributed by atoms with van der Waals surface area (Å²) in [5.41, 5.74) is 0.704. The lowest BCUT2D eigenvalue weighted by Gasteiger charge is -2.35. The zero-order valence-electron chi connectivity index (χ0n) is 12.1. The van der Waals surface area contributed by atoms with Crippen molar-refractivity contribution in [2.45, 2.75) is 69.7 Å². The van der Waals surface area contributed by atoms with E-state index in [0.717, 1.165) is 5.92 Å². The minimum absolute atomic E-state index is 0.704. The number of hydrogen-bond acceptors (Lipinski definition) is 2. The number of rotatable bonds is 5. The summed E-state index contributed by atoms with van der Waals surface area (Å²) in [6, 6.07) is 2.55. The van der Waals surface area contributed by atoms with Crippen LogP contribution in [0.25, 0.3) is 0 Å². The van der Waals surface area contributed by atoms with Crippen LogP contribution in [-0.4, -0.2) is 22.8 Å². The molecular weight excluding hydrogens is 240 g/mol. The molecule has 3 heteroatoms. The van der Waals surface area contributed by atoms with E-state index in [4.69, 9.17) is 8.85 Å². The third-order valence-electron chi connectivity index (χ3n) is 4.93. The van der Waals surface area contributed by atoms with Crippen molar-refractivity contribution in [3.8, 4) is 0 Å². The second-order valence-corrected chi connectivity index (χ2v) is 9.44. The molecule has 0 saturated heterocycles. The molecule has 0 aromatic rings. The summed E-state index contributed by atoms with van der Waals surface area (Å²) in [7, 11) is 1.71. The lowest BCUT2D eigenvalue weighted by molar-refractivity contribution is 0.230.